The SMILES string of the molecule is CCOc1ccc(N=C2NC(=O)/C(=C\c3cc(C)n(-c4ccc(C)cc4C)c3C)S2)cc1. The Labute approximate surface area is 193 Å². The Bertz CT molecular complexity index is 1240. The Balaban J connectivity index is 1.60. The van der Waals surface area contributed by atoms with Crippen molar-refractivity contribution in [2.75, 3.05) is 6.61 Å². The second kappa shape index (κ2) is 9.09. The minimum Gasteiger partial charge on any atom is -0.494 e. The van der Waals surface area contributed by atoms with Crippen LogP contribution >= 0.6 is 11.8 Å². The number of aromatic nitrogens is 1. The van der Waals surface area contributed by atoms with Gasteiger partial charge < -0.3 is 14.6 Å². The number of aliphatic imine (C=N–C) groups is 1. The van der Waals surface area contributed by atoms with Gasteiger partial charge in [-0.15, -0.1) is 0 Å². The van der Waals surface area contributed by atoms with Crippen molar-refractivity contribution in [1.29, 1.82) is 0 Å². The standard InChI is InChI=1S/C26H27N3O2S/c1-6-31-22-10-8-21(9-11-22)27-26-28-25(30)24(32-26)15-20-14-18(4)29(19(20)5)23-12-7-16(2)13-17(23)3/h7-15H,6H2,1-5H3,(H,27,28,30)/b24-15+. The Morgan fingerprint density at radius 3 is 2.50 bits per heavy atom. The number of aryl methyl sites for hydroxylation is 3. The summed E-state index contributed by atoms with van der Waals surface area (Å²) in [5, 5.41) is 3.45. The fourth-order valence-corrected chi connectivity index (χ4v) is 4.72. The topological polar surface area (TPSA) is 55.6 Å². The van der Waals surface area contributed by atoms with E-state index in [0.29, 0.717) is 16.7 Å². The number of carbonyl (C=O) groups excluding carboxylic acids is 1. The average Bonchev–Trinajstić information content (AvgIpc) is 3.22. The highest BCUT2D eigenvalue weighted by Crippen LogP contribution is 2.31. The minimum atomic E-state index is -0.129. The van der Waals surface area contributed by atoms with Crippen molar-refractivity contribution in [2.45, 2.75) is 34.6 Å². The summed E-state index contributed by atoms with van der Waals surface area (Å²) in [7, 11) is 0. The van der Waals surface area contributed by atoms with Gasteiger partial charge in [0, 0.05) is 17.1 Å². The van der Waals surface area contributed by atoms with Crippen molar-refractivity contribution in [3.05, 3.63) is 81.5 Å². The molecule has 2 aromatic carbocycles. The second-order valence-corrected chi connectivity index (χ2v) is 8.89. The number of thioether (sulfide) groups is 1. The van der Waals surface area contributed by atoms with Crippen LogP contribution in [0.15, 0.2) is 58.4 Å². The summed E-state index contributed by atoms with van der Waals surface area (Å²) in [5.74, 6) is 0.676. The molecule has 164 valence electrons. The van der Waals surface area contributed by atoms with Gasteiger partial charge in [0.15, 0.2) is 5.17 Å². The molecule has 3 aromatic rings. The van der Waals surface area contributed by atoms with Crippen molar-refractivity contribution < 1.29 is 9.53 Å². The van der Waals surface area contributed by atoms with Crippen molar-refractivity contribution >= 4 is 34.6 Å². The smallest absolute Gasteiger partial charge is 0.264 e. The fourth-order valence-electron chi connectivity index (χ4n) is 3.88. The monoisotopic (exact) mass is 445 g/mol. The molecule has 5 nitrogen and oxygen atoms in total. The largest absolute Gasteiger partial charge is 0.494 e. The van der Waals surface area contributed by atoms with Crippen LogP contribution in [0.4, 0.5) is 5.69 Å². The van der Waals surface area contributed by atoms with Gasteiger partial charge in [0.1, 0.15) is 5.75 Å². The average molecular weight is 446 g/mol. The number of amidine groups is 1. The molecular weight excluding hydrogens is 418 g/mol. The molecule has 2 heterocycles. The van der Waals surface area contributed by atoms with Crippen molar-refractivity contribution in [3.63, 3.8) is 0 Å². The third kappa shape index (κ3) is 4.50. The molecule has 1 saturated heterocycles. The maximum atomic E-state index is 12.6. The Hall–Kier alpha value is -3.25. The van der Waals surface area contributed by atoms with Gasteiger partial charge in [-0.1, -0.05) is 17.7 Å². The van der Waals surface area contributed by atoms with Crippen LogP contribution in [0.3, 0.4) is 0 Å². The second-order valence-electron chi connectivity index (χ2n) is 7.86. The molecule has 0 spiro atoms. The van der Waals surface area contributed by atoms with Crippen LogP contribution in [-0.2, 0) is 4.79 Å². The van der Waals surface area contributed by atoms with Gasteiger partial charge in [0.25, 0.3) is 5.91 Å². The summed E-state index contributed by atoms with van der Waals surface area (Å²) < 4.78 is 7.71. The number of carbonyl (C=O) groups is 1. The van der Waals surface area contributed by atoms with Gasteiger partial charge in [-0.3, -0.25) is 4.79 Å². The molecule has 0 atom stereocenters. The third-order valence-corrected chi connectivity index (χ3v) is 6.29. The Morgan fingerprint density at radius 1 is 1.06 bits per heavy atom. The maximum absolute atomic E-state index is 12.6. The van der Waals surface area contributed by atoms with E-state index in [1.165, 1.54) is 22.9 Å². The zero-order valence-corrected chi connectivity index (χ0v) is 19.8. The maximum Gasteiger partial charge on any atom is 0.264 e. The molecule has 6 heteroatoms. The van der Waals surface area contributed by atoms with E-state index in [4.69, 9.17) is 4.74 Å². The first-order valence-electron chi connectivity index (χ1n) is 10.6. The van der Waals surface area contributed by atoms with Crippen LogP contribution in [-0.4, -0.2) is 22.2 Å². The van der Waals surface area contributed by atoms with Gasteiger partial charge in [0.2, 0.25) is 0 Å². The lowest BCUT2D eigenvalue weighted by Gasteiger charge is -2.13. The third-order valence-electron chi connectivity index (χ3n) is 5.38. The van der Waals surface area contributed by atoms with Crippen molar-refractivity contribution in [1.82, 2.24) is 9.88 Å². The van der Waals surface area contributed by atoms with Crippen LogP contribution < -0.4 is 10.1 Å². The zero-order valence-electron chi connectivity index (χ0n) is 19.0. The number of hydrogen-bond acceptors (Lipinski definition) is 4. The van der Waals surface area contributed by atoms with E-state index in [0.717, 1.165) is 34.1 Å². The van der Waals surface area contributed by atoms with Crippen LogP contribution in [0.1, 0.15) is 35.0 Å². The van der Waals surface area contributed by atoms with Crippen LogP contribution in [0.2, 0.25) is 0 Å². The molecule has 1 amide bonds. The summed E-state index contributed by atoms with van der Waals surface area (Å²) in [4.78, 5) is 17.8. The van der Waals surface area contributed by atoms with Crippen molar-refractivity contribution in [3.8, 4) is 11.4 Å². The van der Waals surface area contributed by atoms with Gasteiger partial charge in [-0.2, -0.15) is 0 Å². The minimum absolute atomic E-state index is 0.129. The predicted molar refractivity (Wildman–Crippen MR) is 133 cm³/mol. The summed E-state index contributed by atoms with van der Waals surface area (Å²) in [5.41, 5.74) is 7.67. The van der Waals surface area contributed by atoms with E-state index >= 15 is 0 Å². The highest BCUT2D eigenvalue weighted by Gasteiger charge is 2.24. The summed E-state index contributed by atoms with van der Waals surface area (Å²) in [6.07, 6.45) is 1.95. The van der Waals surface area contributed by atoms with Crippen LogP contribution in [0, 0.1) is 27.7 Å². The van der Waals surface area contributed by atoms with Gasteiger partial charge >= 0.3 is 0 Å². The van der Waals surface area contributed by atoms with Crippen LogP contribution in [0.25, 0.3) is 11.8 Å². The zero-order chi connectivity index (χ0) is 22.8. The molecule has 0 saturated carbocycles. The molecule has 1 aliphatic rings. The molecule has 1 aromatic heterocycles. The first kappa shape index (κ1) is 22.0. The number of ether oxygens (including phenoxy) is 1. The highest BCUT2D eigenvalue weighted by molar-refractivity contribution is 8.18. The van der Waals surface area contributed by atoms with E-state index in [1.807, 2.05) is 37.3 Å². The van der Waals surface area contributed by atoms with E-state index < -0.39 is 0 Å². The highest BCUT2D eigenvalue weighted by atomic mass is 32.2. The molecule has 1 fully saturated rings. The van der Waals surface area contributed by atoms with Gasteiger partial charge in [0.05, 0.1) is 17.2 Å². The van der Waals surface area contributed by atoms with E-state index in [2.05, 4.69) is 66.8 Å². The molecule has 0 bridgehead atoms. The van der Waals surface area contributed by atoms with E-state index in [-0.39, 0.29) is 5.91 Å². The summed E-state index contributed by atoms with van der Waals surface area (Å²) >= 11 is 1.36. The number of benzene rings is 2. The first-order chi connectivity index (χ1) is 15.4. The van der Waals surface area contributed by atoms with E-state index in [9.17, 15) is 4.79 Å². The lowest BCUT2D eigenvalue weighted by atomic mass is 10.1. The quantitative estimate of drug-likeness (QED) is 0.490. The molecule has 4 rings (SSSR count). The molecule has 1 N–H and O–H groups in total. The number of amides is 1. The van der Waals surface area contributed by atoms with Gasteiger partial charge in [-0.25, -0.2) is 4.99 Å². The van der Waals surface area contributed by atoms with Crippen LogP contribution in [0.5, 0.6) is 5.75 Å². The molecule has 0 radical (unpaired) electrons. The van der Waals surface area contributed by atoms with E-state index in [1.54, 1.807) is 0 Å². The lowest BCUT2D eigenvalue weighted by Crippen LogP contribution is -2.19. The molecule has 32 heavy (non-hydrogen) atoms. The number of nitrogens with zero attached hydrogens (tertiary/aromatic N) is 2. The molecule has 0 aliphatic carbocycles. The lowest BCUT2D eigenvalue weighted by molar-refractivity contribution is -0.115. The number of hydrogen-bond donors (Lipinski definition) is 1. The first-order valence-corrected chi connectivity index (χ1v) is 11.5. The molecular formula is C26H27N3O2S. The normalized spacial score (nSPS) is 16.1. The number of rotatable bonds is 5. The summed E-state index contributed by atoms with van der Waals surface area (Å²) in [6, 6.07) is 16.1. The molecule has 0 unspecified atom stereocenters. The number of nitrogens with one attached hydrogen (secondary N) is 1. The Kier molecular flexibility index (Phi) is 6.24. The Morgan fingerprint density at radius 2 is 1.81 bits per heavy atom. The molecule has 1 aliphatic heterocycles. The van der Waals surface area contributed by atoms with Crippen molar-refractivity contribution in [2.24, 2.45) is 4.99 Å². The van der Waals surface area contributed by atoms with Gasteiger partial charge in [-0.05, 0) is 100.0 Å². The fraction of sp³-hybridized carbons (Fsp3) is 0.231. The predicted octanol–water partition coefficient (Wildman–Crippen LogP) is 6.00. The summed E-state index contributed by atoms with van der Waals surface area (Å²) in [6.45, 7) is 11.0.